The lowest BCUT2D eigenvalue weighted by Gasteiger charge is -2.33. The van der Waals surface area contributed by atoms with Crippen molar-refractivity contribution in [2.45, 2.75) is 70.8 Å². The van der Waals surface area contributed by atoms with Gasteiger partial charge in [0.2, 0.25) is 11.8 Å². The van der Waals surface area contributed by atoms with Gasteiger partial charge >= 0.3 is 0 Å². The Morgan fingerprint density at radius 1 is 1.24 bits per heavy atom. The summed E-state index contributed by atoms with van der Waals surface area (Å²) in [6, 6.07) is 0.348. The van der Waals surface area contributed by atoms with Gasteiger partial charge in [0, 0.05) is 43.0 Å². The molecule has 2 aliphatic rings. The van der Waals surface area contributed by atoms with Crippen molar-refractivity contribution in [3.05, 3.63) is 16.1 Å². The minimum Gasteiger partial charge on any atom is -0.353 e. The van der Waals surface area contributed by atoms with E-state index in [4.69, 9.17) is 0 Å². The van der Waals surface area contributed by atoms with Crippen LogP contribution in [0.3, 0.4) is 0 Å². The van der Waals surface area contributed by atoms with Gasteiger partial charge in [-0.2, -0.15) is 0 Å². The van der Waals surface area contributed by atoms with Crippen molar-refractivity contribution in [2.75, 3.05) is 13.1 Å². The Hall–Kier alpha value is -1.43. The third-order valence-electron chi connectivity index (χ3n) is 5.32. The van der Waals surface area contributed by atoms with Crippen LogP contribution in [0.2, 0.25) is 0 Å². The molecule has 1 aliphatic carbocycles. The van der Waals surface area contributed by atoms with Crippen molar-refractivity contribution in [3.63, 3.8) is 0 Å². The fraction of sp³-hybridized carbons (Fsp3) is 0.737. The second kappa shape index (κ2) is 8.79. The quantitative estimate of drug-likeness (QED) is 0.874. The maximum Gasteiger partial charge on any atom is 0.225 e. The molecule has 0 spiro atoms. The minimum absolute atomic E-state index is 0.0401. The molecule has 1 saturated heterocycles. The van der Waals surface area contributed by atoms with Gasteiger partial charge in [-0.3, -0.25) is 9.59 Å². The molecule has 1 aromatic rings. The van der Waals surface area contributed by atoms with Crippen LogP contribution in [0, 0.1) is 12.8 Å². The number of carbonyl (C=O) groups is 2. The van der Waals surface area contributed by atoms with Crippen LogP contribution in [0.15, 0.2) is 5.38 Å². The maximum absolute atomic E-state index is 12.6. The standard InChI is InChI=1S/C19H29N3O2S/c1-14-13-25-17(20-14)9-10-18(23)22-11-5-6-15(12-22)19(24)21-16-7-3-2-4-8-16/h13,15-16H,2-12H2,1H3,(H,21,24)/t15-/m0/s1. The molecular weight excluding hydrogens is 334 g/mol. The van der Waals surface area contributed by atoms with Crippen LogP contribution in [0.5, 0.6) is 0 Å². The van der Waals surface area contributed by atoms with Crippen molar-refractivity contribution < 1.29 is 9.59 Å². The van der Waals surface area contributed by atoms with Crippen molar-refractivity contribution in [2.24, 2.45) is 5.92 Å². The number of hydrogen-bond donors (Lipinski definition) is 1. The van der Waals surface area contributed by atoms with Gasteiger partial charge < -0.3 is 10.2 Å². The highest BCUT2D eigenvalue weighted by Gasteiger charge is 2.29. The number of amides is 2. The molecule has 1 N–H and O–H groups in total. The second-order valence-electron chi connectivity index (χ2n) is 7.41. The number of nitrogens with zero attached hydrogens (tertiary/aromatic N) is 2. The fourth-order valence-corrected chi connectivity index (χ4v) is 4.65. The Kier molecular flexibility index (Phi) is 6.45. The average Bonchev–Trinajstić information content (AvgIpc) is 3.06. The smallest absolute Gasteiger partial charge is 0.225 e. The number of rotatable bonds is 5. The number of piperidine rings is 1. The Morgan fingerprint density at radius 2 is 2.04 bits per heavy atom. The average molecular weight is 364 g/mol. The first-order valence-corrected chi connectivity index (χ1v) is 10.5. The van der Waals surface area contributed by atoms with Gasteiger partial charge in [-0.15, -0.1) is 11.3 Å². The van der Waals surface area contributed by atoms with E-state index < -0.39 is 0 Å². The van der Waals surface area contributed by atoms with Crippen LogP contribution in [0.4, 0.5) is 0 Å². The van der Waals surface area contributed by atoms with Crippen molar-refractivity contribution in [1.82, 2.24) is 15.2 Å². The molecule has 0 radical (unpaired) electrons. The molecule has 25 heavy (non-hydrogen) atoms. The summed E-state index contributed by atoms with van der Waals surface area (Å²) >= 11 is 1.62. The number of likely N-dealkylation sites (tertiary alicyclic amines) is 1. The molecule has 2 fully saturated rings. The summed E-state index contributed by atoms with van der Waals surface area (Å²) in [4.78, 5) is 31.4. The fourth-order valence-electron chi connectivity index (χ4n) is 3.87. The summed E-state index contributed by atoms with van der Waals surface area (Å²) in [6.45, 7) is 3.33. The summed E-state index contributed by atoms with van der Waals surface area (Å²) in [7, 11) is 0. The highest BCUT2D eigenvalue weighted by molar-refractivity contribution is 7.09. The molecule has 0 unspecified atom stereocenters. The first kappa shape index (κ1) is 18.4. The third kappa shape index (κ3) is 5.27. The van der Waals surface area contributed by atoms with Crippen LogP contribution >= 0.6 is 11.3 Å². The lowest BCUT2D eigenvalue weighted by Crippen LogP contribution is -2.48. The number of aryl methyl sites for hydroxylation is 2. The highest BCUT2D eigenvalue weighted by Crippen LogP contribution is 2.21. The van der Waals surface area contributed by atoms with Crippen molar-refractivity contribution in [1.29, 1.82) is 0 Å². The molecule has 2 amide bonds. The third-order valence-corrected chi connectivity index (χ3v) is 6.34. The zero-order valence-corrected chi connectivity index (χ0v) is 15.9. The monoisotopic (exact) mass is 363 g/mol. The van der Waals surface area contributed by atoms with Crippen LogP contribution in [0.25, 0.3) is 0 Å². The molecule has 1 aliphatic heterocycles. The molecule has 1 saturated carbocycles. The lowest BCUT2D eigenvalue weighted by atomic mass is 9.93. The van der Waals surface area contributed by atoms with Gasteiger partial charge in [0.15, 0.2) is 0 Å². The summed E-state index contributed by atoms with van der Waals surface area (Å²) in [5.74, 6) is 0.268. The predicted molar refractivity (Wildman–Crippen MR) is 99.5 cm³/mol. The first-order chi connectivity index (χ1) is 12.1. The van der Waals surface area contributed by atoms with E-state index in [1.807, 2.05) is 17.2 Å². The Balaban J connectivity index is 1.46. The number of thiazole rings is 1. The maximum atomic E-state index is 12.6. The summed E-state index contributed by atoms with van der Waals surface area (Å²) in [5, 5.41) is 6.27. The largest absolute Gasteiger partial charge is 0.353 e. The molecule has 1 atom stereocenters. The van der Waals surface area contributed by atoms with Crippen molar-refractivity contribution >= 4 is 23.2 Å². The first-order valence-electron chi connectivity index (χ1n) is 9.61. The lowest BCUT2D eigenvalue weighted by molar-refractivity contribution is -0.136. The van der Waals surface area contributed by atoms with Gasteiger partial charge in [0.05, 0.1) is 10.9 Å². The van der Waals surface area contributed by atoms with E-state index in [0.29, 0.717) is 25.4 Å². The predicted octanol–water partition coefficient (Wildman–Crippen LogP) is 3.07. The van der Waals surface area contributed by atoms with Gasteiger partial charge in [0.25, 0.3) is 0 Å². The van der Waals surface area contributed by atoms with E-state index in [9.17, 15) is 9.59 Å². The summed E-state index contributed by atoms with van der Waals surface area (Å²) in [5.41, 5.74) is 1.02. The second-order valence-corrected chi connectivity index (χ2v) is 8.35. The molecule has 2 heterocycles. The van der Waals surface area contributed by atoms with Crippen LogP contribution in [-0.4, -0.2) is 40.8 Å². The Bertz CT molecular complexity index is 595. The molecule has 6 heteroatoms. The minimum atomic E-state index is -0.0401. The Labute approximate surface area is 154 Å². The van der Waals surface area contributed by atoms with Gasteiger partial charge in [-0.1, -0.05) is 19.3 Å². The van der Waals surface area contributed by atoms with Crippen LogP contribution in [0.1, 0.15) is 62.1 Å². The normalized spacial score (nSPS) is 22.0. The molecule has 3 rings (SSSR count). The molecule has 0 bridgehead atoms. The van der Waals surface area contributed by atoms with Gasteiger partial charge in [-0.25, -0.2) is 4.98 Å². The molecule has 1 aromatic heterocycles. The number of hydrogen-bond acceptors (Lipinski definition) is 4. The Morgan fingerprint density at radius 3 is 2.76 bits per heavy atom. The van der Waals surface area contributed by atoms with Crippen LogP contribution < -0.4 is 5.32 Å². The van der Waals surface area contributed by atoms with Crippen LogP contribution in [-0.2, 0) is 16.0 Å². The zero-order chi connectivity index (χ0) is 17.6. The topological polar surface area (TPSA) is 62.3 Å². The summed E-state index contributed by atoms with van der Waals surface area (Å²) < 4.78 is 0. The van der Waals surface area contributed by atoms with E-state index in [2.05, 4.69) is 10.3 Å². The van der Waals surface area contributed by atoms with E-state index in [1.54, 1.807) is 11.3 Å². The molecule has 0 aromatic carbocycles. The number of carbonyl (C=O) groups excluding carboxylic acids is 2. The van der Waals surface area contributed by atoms with E-state index in [0.717, 1.165) is 42.9 Å². The van der Waals surface area contributed by atoms with Gasteiger partial charge in [0.1, 0.15) is 0 Å². The number of nitrogens with one attached hydrogen (secondary N) is 1. The molecule has 138 valence electrons. The highest BCUT2D eigenvalue weighted by atomic mass is 32.1. The molecule has 5 nitrogen and oxygen atoms in total. The summed E-state index contributed by atoms with van der Waals surface area (Å²) in [6.07, 6.45) is 8.95. The SMILES string of the molecule is Cc1csc(CCC(=O)N2CCC[C@H](C(=O)NC3CCCCC3)C2)n1. The van der Waals surface area contributed by atoms with Crippen molar-refractivity contribution in [3.8, 4) is 0 Å². The van der Waals surface area contributed by atoms with E-state index in [-0.39, 0.29) is 17.7 Å². The number of aromatic nitrogens is 1. The van der Waals surface area contributed by atoms with E-state index in [1.165, 1.54) is 19.3 Å². The van der Waals surface area contributed by atoms with Gasteiger partial charge in [-0.05, 0) is 32.6 Å². The molecular formula is C19H29N3O2S. The zero-order valence-electron chi connectivity index (χ0n) is 15.1. The van der Waals surface area contributed by atoms with E-state index >= 15 is 0 Å².